The van der Waals surface area contributed by atoms with Crippen LogP contribution in [0.25, 0.3) is 10.9 Å². The molecule has 5 nitrogen and oxygen atoms in total. The molecule has 3 rings (SSSR count). The first kappa shape index (κ1) is 16.8. The van der Waals surface area contributed by atoms with E-state index in [1.54, 1.807) is 0 Å². The summed E-state index contributed by atoms with van der Waals surface area (Å²) in [5.74, 6) is 0.470. The van der Waals surface area contributed by atoms with Gasteiger partial charge in [-0.3, -0.25) is 4.68 Å². The maximum atomic E-state index is 12.3. The van der Waals surface area contributed by atoms with Crippen LogP contribution in [-0.4, -0.2) is 39.0 Å². The molecule has 0 radical (unpaired) electrons. The third kappa shape index (κ3) is 3.40. The van der Waals surface area contributed by atoms with Crippen molar-refractivity contribution < 1.29 is 9.53 Å². The van der Waals surface area contributed by atoms with Gasteiger partial charge in [0.1, 0.15) is 5.60 Å². The minimum absolute atomic E-state index is 0.181. The van der Waals surface area contributed by atoms with Crippen LogP contribution in [-0.2, 0) is 11.8 Å². The minimum Gasteiger partial charge on any atom is -0.444 e. The molecule has 0 bridgehead atoms. The fourth-order valence-electron chi connectivity index (χ4n) is 3.48. The average molecular weight is 329 g/mol. The van der Waals surface area contributed by atoms with Crippen molar-refractivity contribution in [2.75, 3.05) is 6.54 Å². The highest BCUT2D eigenvalue weighted by Gasteiger charge is 2.32. The van der Waals surface area contributed by atoms with Crippen molar-refractivity contribution >= 4 is 17.0 Å². The average Bonchev–Trinajstić information content (AvgIpc) is 2.86. The van der Waals surface area contributed by atoms with Crippen LogP contribution < -0.4 is 0 Å². The standard InChI is InChI=1S/C19H27N3O2/c1-13-10-15(8-9-22(13)18(23)24-19(2,3)4)14-6-7-16-12-20-21(5)17(16)11-14/h6-7,11-13,15H,8-10H2,1-5H3/t13-,15?/m0/s1. The van der Waals surface area contributed by atoms with Crippen molar-refractivity contribution in [3.8, 4) is 0 Å². The molecule has 1 aromatic heterocycles. The predicted octanol–water partition coefficient (Wildman–Crippen LogP) is 4.08. The molecule has 130 valence electrons. The number of benzene rings is 1. The first-order valence-electron chi connectivity index (χ1n) is 8.66. The number of amides is 1. The second kappa shape index (κ2) is 6.11. The van der Waals surface area contributed by atoms with Crippen LogP contribution in [0.15, 0.2) is 24.4 Å². The maximum Gasteiger partial charge on any atom is 0.410 e. The SMILES string of the molecule is C[C@H]1CC(c2ccc3cnn(C)c3c2)CCN1C(=O)OC(C)(C)C. The number of aryl methyl sites for hydroxylation is 1. The summed E-state index contributed by atoms with van der Waals surface area (Å²) in [6.07, 6.45) is 3.62. The summed E-state index contributed by atoms with van der Waals surface area (Å²) in [7, 11) is 1.97. The van der Waals surface area contributed by atoms with Gasteiger partial charge in [-0.15, -0.1) is 0 Å². The number of fused-ring (bicyclic) bond motifs is 1. The van der Waals surface area contributed by atoms with E-state index in [4.69, 9.17) is 4.74 Å². The van der Waals surface area contributed by atoms with Crippen LogP contribution in [0.4, 0.5) is 4.79 Å². The first-order valence-corrected chi connectivity index (χ1v) is 8.66. The van der Waals surface area contributed by atoms with E-state index in [1.807, 2.05) is 43.6 Å². The van der Waals surface area contributed by atoms with Crippen LogP contribution in [0.1, 0.15) is 52.0 Å². The van der Waals surface area contributed by atoms with Gasteiger partial charge in [-0.05, 0) is 58.1 Å². The van der Waals surface area contributed by atoms with Gasteiger partial charge in [0, 0.05) is 25.0 Å². The molecule has 1 fully saturated rings. The molecule has 1 aromatic carbocycles. The van der Waals surface area contributed by atoms with Crippen molar-refractivity contribution in [3.63, 3.8) is 0 Å². The lowest BCUT2D eigenvalue weighted by Gasteiger charge is -2.38. The summed E-state index contributed by atoms with van der Waals surface area (Å²) in [6.45, 7) is 8.57. The fraction of sp³-hybridized carbons (Fsp3) is 0.579. The number of nitrogens with zero attached hydrogens (tertiary/aromatic N) is 3. The highest BCUT2D eigenvalue weighted by molar-refractivity contribution is 5.79. The molecule has 1 aliphatic heterocycles. The molecule has 1 unspecified atom stereocenters. The monoisotopic (exact) mass is 329 g/mol. The molecule has 5 heteroatoms. The zero-order valence-electron chi connectivity index (χ0n) is 15.2. The van der Waals surface area contributed by atoms with Crippen LogP contribution in [0.5, 0.6) is 0 Å². The molecular weight excluding hydrogens is 302 g/mol. The molecule has 2 atom stereocenters. The van der Waals surface area contributed by atoms with Crippen LogP contribution in [0, 0.1) is 0 Å². The van der Waals surface area contributed by atoms with Gasteiger partial charge >= 0.3 is 6.09 Å². The lowest BCUT2D eigenvalue weighted by atomic mass is 9.85. The van der Waals surface area contributed by atoms with Crippen molar-refractivity contribution in [3.05, 3.63) is 30.0 Å². The number of carbonyl (C=O) groups is 1. The third-order valence-electron chi connectivity index (χ3n) is 4.75. The second-order valence-electron chi connectivity index (χ2n) is 7.83. The molecule has 1 amide bonds. The van der Waals surface area contributed by atoms with Gasteiger partial charge in [-0.1, -0.05) is 12.1 Å². The molecule has 0 saturated carbocycles. The summed E-state index contributed by atoms with van der Waals surface area (Å²) in [5, 5.41) is 5.48. The maximum absolute atomic E-state index is 12.3. The highest BCUT2D eigenvalue weighted by Crippen LogP contribution is 2.33. The van der Waals surface area contributed by atoms with Crippen molar-refractivity contribution in [1.29, 1.82) is 0 Å². The molecule has 2 aromatic rings. The molecule has 2 heterocycles. The summed E-state index contributed by atoms with van der Waals surface area (Å²) in [4.78, 5) is 14.2. The van der Waals surface area contributed by atoms with Crippen molar-refractivity contribution in [2.24, 2.45) is 7.05 Å². The van der Waals surface area contributed by atoms with E-state index >= 15 is 0 Å². The second-order valence-corrected chi connectivity index (χ2v) is 7.83. The largest absolute Gasteiger partial charge is 0.444 e. The number of rotatable bonds is 1. The molecule has 0 aliphatic carbocycles. The van der Waals surface area contributed by atoms with Gasteiger partial charge < -0.3 is 9.64 Å². The number of hydrogen-bond acceptors (Lipinski definition) is 3. The van der Waals surface area contributed by atoms with E-state index in [1.165, 1.54) is 10.9 Å². The predicted molar refractivity (Wildman–Crippen MR) is 95.1 cm³/mol. The minimum atomic E-state index is -0.446. The number of aromatic nitrogens is 2. The number of likely N-dealkylation sites (tertiary alicyclic amines) is 1. The molecule has 0 N–H and O–H groups in total. The molecule has 1 aliphatic rings. The number of piperidine rings is 1. The highest BCUT2D eigenvalue weighted by atomic mass is 16.6. The van der Waals surface area contributed by atoms with Gasteiger partial charge in [0.05, 0.1) is 11.7 Å². The van der Waals surface area contributed by atoms with Gasteiger partial charge in [0.25, 0.3) is 0 Å². The lowest BCUT2D eigenvalue weighted by molar-refractivity contribution is 0.0104. The number of ether oxygens (including phenoxy) is 1. The van der Waals surface area contributed by atoms with Crippen LogP contribution in [0.3, 0.4) is 0 Å². The molecule has 24 heavy (non-hydrogen) atoms. The Hall–Kier alpha value is -2.04. The Morgan fingerprint density at radius 2 is 2.08 bits per heavy atom. The van der Waals surface area contributed by atoms with Crippen molar-refractivity contribution in [1.82, 2.24) is 14.7 Å². The Bertz CT molecular complexity index is 745. The smallest absolute Gasteiger partial charge is 0.410 e. The van der Waals surface area contributed by atoms with E-state index in [2.05, 4.69) is 30.2 Å². The van der Waals surface area contributed by atoms with E-state index in [-0.39, 0.29) is 12.1 Å². The number of carbonyl (C=O) groups excluding carboxylic acids is 1. The van der Waals surface area contributed by atoms with Gasteiger partial charge in [-0.25, -0.2) is 4.79 Å². The quantitative estimate of drug-likeness (QED) is 0.792. The van der Waals surface area contributed by atoms with E-state index in [9.17, 15) is 4.79 Å². The Morgan fingerprint density at radius 1 is 1.33 bits per heavy atom. The summed E-state index contributed by atoms with van der Waals surface area (Å²) in [5.41, 5.74) is 2.05. The Labute approximate surface area is 143 Å². The van der Waals surface area contributed by atoms with Crippen LogP contribution in [0.2, 0.25) is 0 Å². The van der Waals surface area contributed by atoms with E-state index < -0.39 is 5.60 Å². The molecule has 1 saturated heterocycles. The summed E-state index contributed by atoms with van der Waals surface area (Å²) in [6, 6.07) is 6.76. The number of hydrogen-bond donors (Lipinski definition) is 0. The zero-order valence-corrected chi connectivity index (χ0v) is 15.2. The van der Waals surface area contributed by atoms with Gasteiger partial charge in [-0.2, -0.15) is 5.10 Å². The Morgan fingerprint density at radius 3 is 2.75 bits per heavy atom. The van der Waals surface area contributed by atoms with E-state index in [0.29, 0.717) is 5.92 Å². The summed E-state index contributed by atoms with van der Waals surface area (Å²) >= 11 is 0. The Balaban J connectivity index is 1.72. The fourth-order valence-corrected chi connectivity index (χ4v) is 3.48. The van der Waals surface area contributed by atoms with Gasteiger partial charge in [0.15, 0.2) is 0 Å². The topological polar surface area (TPSA) is 47.4 Å². The zero-order chi connectivity index (χ0) is 17.5. The first-order chi connectivity index (χ1) is 11.2. The van der Waals surface area contributed by atoms with Crippen LogP contribution >= 0.6 is 0 Å². The summed E-state index contributed by atoms with van der Waals surface area (Å²) < 4.78 is 7.44. The lowest BCUT2D eigenvalue weighted by Crippen LogP contribution is -2.46. The Kier molecular flexibility index (Phi) is 4.28. The third-order valence-corrected chi connectivity index (χ3v) is 4.75. The molecular formula is C19H27N3O2. The van der Waals surface area contributed by atoms with E-state index in [0.717, 1.165) is 24.9 Å². The van der Waals surface area contributed by atoms with Crippen molar-refractivity contribution in [2.45, 2.75) is 58.1 Å². The van der Waals surface area contributed by atoms with Gasteiger partial charge in [0.2, 0.25) is 0 Å². The molecule has 0 spiro atoms. The normalized spacial score (nSPS) is 22.0.